The van der Waals surface area contributed by atoms with Crippen molar-refractivity contribution in [1.82, 2.24) is 25.2 Å². The average molecular weight is 458 g/mol. The molecule has 1 fully saturated rings. The SMILES string of the molecule is CNC(=O)[C@H]1CC(O)CN1C(=O)C(n1cc(C(C)(C)OCc2ccccc2)nn1)C(C)(C)C. The van der Waals surface area contributed by atoms with Gasteiger partial charge in [0.25, 0.3) is 0 Å². The van der Waals surface area contributed by atoms with Crippen LogP contribution in [0.2, 0.25) is 0 Å². The van der Waals surface area contributed by atoms with Gasteiger partial charge in [-0.05, 0) is 24.8 Å². The lowest BCUT2D eigenvalue weighted by Crippen LogP contribution is -2.49. The van der Waals surface area contributed by atoms with Crippen molar-refractivity contribution < 1.29 is 19.4 Å². The van der Waals surface area contributed by atoms with Gasteiger partial charge in [-0.3, -0.25) is 9.59 Å². The van der Waals surface area contributed by atoms with E-state index in [-0.39, 0.29) is 24.8 Å². The number of benzene rings is 1. The van der Waals surface area contributed by atoms with Gasteiger partial charge in [0.05, 0.1) is 18.9 Å². The number of likely N-dealkylation sites (N-methyl/N-ethyl adjacent to an activating group) is 1. The molecule has 9 heteroatoms. The molecule has 33 heavy (non-hydrogen) atoms. The summed E-state index contributed by atoms with van der Waals surface area (Å²) in [5, 5.41) is 21.3. The van der Waals surface area contributed by atoms with Crippen LogP contribution in [0.25, 0.3) is 0 Å². The zero-order valence-electron chi connectivity index (χ0n) is 20.3. The van der Waals surface area contributed by atoms with Crippen LogP contribution in [0.15, 0.2) is 36.5 Å². The van der Waals surface area contributed by atoms with Gasteiger partial charge in [0.1, 0.15) is 23.4 Å². The fraction of sp³-hybridized carbons (Fsp3) is 0.583. The monoisotopic (exact) mass is 457 g/mol. The first-order chi connectivity index (χ1) is 15.4. The van der Waals surface area contributed by atoms with E-state index in [0.717, 1.165) is 5.56 Å². The standard InChI is InChI=1S/C24H35N5O4/c1-23(2,3)20(22(32)28-13-17(30)12-18(28)21(31)25-6)29-14-19(26-27-29)24(4,5)33-15-16-10-8-7-9-11-16/h7-11,14,17-18,20,30H,12-13,15H2,1-6H3,(H,25,31)/t17?,18-,20?/m1/s1. The number of aromatic nitrogens is 3. The number of nitrogens with zero attached hydrogens (tertiary/aromatic N) is 4. The highest BCUT2D eigenvalue weighted by Crippen LogP contribution is 2.35. The Labute approximate surface area is 195 Å². The molecule has 3 rings (SSSR count). The highest BCUT2D eigenvalue weighted by Gasteiger charge is 2.45. The van der Waals surface area contributed by atoms with Crippen molar-refractivity contribution in [3.05, 3.63) is 47.8 Å². The van der Waals surface area contributed by atoms with Crippen molar-refractivity contribution in [2.75, 3.05) is 13.6 Å². The van der Waals surface area contributed by atoms with Gasteiger partial charge in [0, 0.05) is 20.0 Å². The second-order valence-corrected chi connectivity index (χ2v) is 10.1. The van der Waals surface area contributed by atoms with Crippen LogP contribution in [0.4, 0.5) is 0 Å². The molecule has 0 spiro atoms. The lowest BCUT2D eigenvalue weighted by molar-refractivity contribution is -0.144. The quantitative estimate of drug-likeness (QED) is 0.658. The summed E-state index contributed by atoms with van der Waals surface area (Å²) in [6.45, 7) is 10.2. The van der Waals surface area contributed by atoms with E-state index in [1.54, 1.807) is 10.9 Å². The fourth-order valence-corrected chi connectivity index (χ4v) is 4.10. The number of hydrogen-bond donors (Lipinski definition) is 2. The van der Waals surface area contributed by atoms with Crippen molar-refractivity contribution in [3.63, 3.8) is 0 Å². The molecular formula is C24H35N5O4. The zero-order valence-corrected chi connectivity index (χ0v) is 20.3. The second-order valence-electron chi connectivity index (χ2n) is 10.1. The number of aliphatic hydroxyl groups is 1. The number of ether oxygens (including phenoxy) is 1. The van der Waals surface area contributed by atoms with Crippen LogP contribution in [-0.2, 0) is 26.5 Å². The van der Waals surface area contributed by atoms with E-state index in [9.17, 15) is 14.7 Å². The molecule has 1 aromatic carbocycles. The fourth-order valence-electron chi connectivity index (χ4n) is 4.10. The first-order valence-corrected chi connectivity index (χ1v) is 11.2. The van der Waals surface area contributed by atoms with Crippen LogP contribution in [0.1, 0.15) is 58.3 Å². The maximum Gasteiger partial charge on any atom is 0.248 e. The van der Waals surface area contributed by atoms with Gasteiger partial charge >= 0.3 is 0 Å². The van der Waals surface area contributed by atoms with Crippen molar-refractivity contribution >= 4 is 11.8 Å². The molecule has 1 aliphatic heterocycles. The van der Waals surface area contributed by atoms with Gasteiger partial charge in [-0.2, -0.15) is 0 Å². The van der Waals surface area contributed by atoms with Gasteiger partial charge < -0.3 is 20.1 Å². The van der Waals surface area contributed by atoms with Crippen molar-refractivity contribution in [2.24, 2.45) is 5.41 Å². The van der Waals surface area contributed by atoms with Crippen LogP contribution < -0.4 is 5.32 Å². The van der Waals surface area contributed by atoms with Crippen LogP contribution in [0.3, 0.4) is 0 Å². The van der Waals surface area contributed by atoms with E-state index in [1.165, 1.54) is 11.9 Å². The number of carbonyl (C=O) groups is 2. The third-order valence-electron chi connectivity index (χ3n) is 6.00. The lowest BCUT2D eigenvalue weighted by Gasteiger charge is -2.34. The minimum absolute atomic E-state index is 0.108. The van der Waals surface area contributed by atoms with E-state index in [4.69, 9.17) is 4.74 Å². The number of amides is 2. The molecule has 1 saturated heterocycles. The topological polar surface area (TPSA) is 110 Å². The molecule has 180 valence electrons. The van der Waals surface area contributed by atoms with E-state index in [1.807, 2.05) is 65.0 Å². The summed E-state index contributed by atoms with van der Waals surface area (Å²) in [6, 6.07) is 8.45. The van der Waals surface area contributed by atoms with Gasteiger partial charge in [-0.25, -0.2) is 4.68 Å². The first-order valence-electron chi connectivity index (χ1n) is 11.2. The summed E-state index contributed by atoms with van der Waals surface area (Å²) in [6.07, 6.45) is 1.21. The smallest absolute Gasteiger partial charge is 0.248 e. The largest absolute Gasteiger partial charge is 0.391 e. The average Bonchev–Trinajstić information content (AvgIpc) is 3.39. The summed E-state index contributed by atoms with van der Waals surface area (Å²) in [5.74, 6) is -0.561. The minimum atomic E-state index is -0.742. The minimum Gasteiger partial charge on any atom is -0.391 e. The van der Waals surface area contributed by atoms with Crippen LogP contribution >= 0.6 is 0 Å². The Morgan fingerprint density at radius 3 is 2.48 bits per heavy atom. The van der Waals surface area contributed by atoms with Crippen LogP contribution in [-0.4, -0.2) is 62.6 Å². The molecule has 0 saturated carbocycles. The molecule has 2 amide bonds. The van der Waals surface area contributed by atoms with Crippen molar-refractivity contribution in [2.45, 2.75) is 71.4 Å². The summed E-state index contributed by atoms with van der Waals surface area (Å²) in [4.78, 5) is 27.5. The van der Waals surface area contributed by atoms with E-state index in [2.05, 4.69) is 15.6 Å². The Balaban J connectivity index is 1.84. The van der Waals surface area contributed by atoms with Crippen molar-refractivity contribution in [3.8, 4) is 0 Å². The van der Waals surface area contributed by atoms with E-state index >= 15 is 0 Å². The molecule has 2 heterocycles. The number of nitrogens with one attached hydrogen (secondary N) is 1. The van der Waals surface area contributed by atoms with Gasteiger partial charge in [-0.15, -0.1) is 5.10 Å². The number of aliphatic hydroxyl groups excluding tert-OH is 1. The molecular weight excluding hydrogens is 422 g/mol. The number of β-amino-alcohol motifs (C(OH)–C–C–N with tert-alkyl or cyclic N) is 1. The second kappa shape index (κ2) is 9.61. The summed E-state index contributed by atoms with van der Waals surface area (Å²) < 4.78 is 7.67. The molecule has 0 aliphatic carbocycles. The summed E-state index contributed by atoms with van der Waals surface area (Å²) in [7, 11) is 1.53. The van der Waals surface area contributed by atoms with Gasteiger partial charge in [-0.1, -0.05) is 56.3 Å². The molecule has 1 aliphatic rings. The van der Waals surface area contributed by atoms with Gasteiger partial charge in [0.15, 0.2) is 0 Å². The normalized spacial score (nSPS) is 20.0. The van der Waals surface area contributed by atoms with Crippen LogP contribution in [0, 0.1) is 5.41 Å². The van der Waals surface area contributed by atoms with Crippen LogP contribution in [0.5, 0.6) is 0 Å². The molecule has 9 nitrogen and oxygen atoms in total. The molecule has 1 aromatic heterocycles. The molecule has 3 atom stereocenters. The number of likely N-dealkylation sites (tertiary alicyclic amines) is 1. The Kier molecular flexibility index (Phi) is 7.23. The first kappa shape index (κ1) is 24.9. The predicted octanol–water partition coefficient (Wildman–Crippen LogP) is 2.02. The predicted molar refractivity (Wildman–Crippen MR) is 123 cm³/mol. The summed E-state index contributed by atoms with van der Waals surface area (Å²) >= 11 is 0. The maximum absolute atomic E-state index is 13.7. The number of hydrogen-bond acceptors (Lipinski definition) is 6. The highest BCUT2D eigenvalue weighted by atomic mass is 16.5. The Morgan fingerprint density at radius 1 is 1.21 bits per heavy atom. The Morgan fingerprint density at radius 2 is 1.88 bits per heavy atom. The summed E-state index contributed by atoms with van der Waals surface area (Å²) in [5.41, 5.74) is 0.407. The molecule has 2 unspecified atom stereocenters. The zero-order chi connectivity index (χ0) is 24.4. The Bertz CT molecular complexity index is 967. The molecule has 2 N–H and O–H groups in total. The van der Waals surface area contributed by atoms with Crippen molar-refractivity contribution in [1.29, 1.82) is 0 Å². The Hall–Kier alpha value is -2.78. The highest BCUT2D eigenvalue weighted by molar-refractivity contribution is 5.90. The third kappa shape index (κ3) is 5.59. The number of rotatable bonds is 7. The van der Waals surface area contributed by atoms with E-state index < -0.39 is 29.2 Å². The lowest BCUT2D eigenvalue weighted by atomic mass is 9.85. The van der Waals surface area contributed by atoms with Gasteiger partial charge in [0.2, 0.25) is 11.8 Å². The maximum atomic E-state index is 13.7. The molecule has 2 aromatic rings. The molecule has 0 radical (unpaired) electrons. The van der Waals surface area contributed by atoms with E-state index in [0.29, 0.717) is 12.3 Å². The molecule has 0 bridgehead atoms. The number of carbonyl (C=O) groups excluding carboxylic acids is 2. The third-order valence-corrected chi connectivity index (χ3v) is 6.00.